The van der Waals surface area contributed by atoms with Crippen molar-refractivity contribution in [2.75, 3.05) is 12.4 Å². The molecule has 3 atom stereocenters. The van der Waals surface area contributed by atoms with Crippen molar-refractivity contribution >= 4 is 35.3 Å². The molecule has 0 bridgehead atoms. The maximum atomic E-state index is 14.3. The maximum Gasteiger partial charge on any atom is 0.211 e. The standard InChI is InChI=1S/C23H28Cl2F2N2O.C4H9NO.CH4O/c1-13(15-6-7-19(26)17(24)8-15)14(2)29-22(11-23(3,4)5)16-9-20(27)18(25)10-21(16)28-12-30;5-3-1-4(6)2-3;1-2/h6-10,12-14,22,29H,11H2,1-5H3,(H,28,30);3-4,6H,1-2,5H2;2H,1H3/t13?,14-,22+;;/m0../s1. The van der Waals surface area contributed by atoms with Crippen LogP contribution in [0.25, 0.3) is 0 Å². The van der Waals surface area contributed by atoms with E-state index < -0.39 is 11.6 Å². The van der Waals surface area contributed by atoms with Gasteiger partial charge in [-0.05, 0) is 72.9 Å². The third-order valence-electron chi connectivity index (χ3n) is 6.33. The first-order chi connectivity index (χ1) is 17.7. The van der Waals surface area contributed by atoms with Gasteiger partial charge in [0, 0.05) is 30.9 Å². The second-order valence-electron chi connectivity index (χ2n) is 10.7. The molecule has 1 saturated carbocycles. The number of carbonyl (C=O) groups excluding carboxylic acids is 1. The predicted octanol–water partition coefficient (Wildman–Crippen LogP) is 6.18. The molecule has 6 nitrogen and oxygen atoms in total. The van der Waals surface area contributed by atoms with Crippen molar-refractivity contribution in [2.45, 2.75) is 84.0 Å². The number of amides is 1. The lowest BCUT2D eigenvalue weighted by molar-refractivity contribution is -0.105. The van der Waals surface area contributed by atoms with Crippen molar-refractivity contribution in [1.29, 1.82) is 0 Å². The number of hydrogen-bond donors (Lipinski definition) is 5. The lowest BCUT2D eigenvalue weighted by atomic mass is 9.83. The van der Waals surface area contributed by atoms with Gasteiger partial charge in [0.1, 0.15) is 11.6 Å². The minimum atomic E-state index is -0.546. The summed E-state index contributed by atoms with van der Waals surface area (Å²) in [7, 11) is 1.00. The van der Waals surface area contributed by atoms with Crippen LogP contribution in [0, 0.1) is 17.0 Å². The predicted molar refractivity (Wildman–Crippen MR) is 152 cm³/mol. The van der Waals surface area contributed by atoms with Crippen LogP contribution in [0.1, 0.15) is 77.0 Å². The monoisotopic (exact) mass is 575 g/mol. The van der Waals surface area contributed by atoms with E-state index in [4.69, 9.17) is 39.1 Å². The van der Waals surface area contributed by atoms with Gasteiger partial charge in [0.2, 0.25) is 6.41 Å². The van der Waals surface area contributed by atoms with E-state index in [1.54, 1.807) is 12.1 Å². The molecular weight excluding hydrogens is 535 g/mol. The fourth-order valence-corrected chi connectivity index (χ4v) is 4.44. The van der Waals surface area contributed by atoms with E-state index in [2.05, 4.69) is 31.4 Å². The SMILES string of the molecule is CC(c1ccc(F)c(Cl)c1)[C@H](C)N[C@H](CC(C)(C)C)c1cc(F)c(Cl)cc1NC=O.CO.NC1CC(O)C1. The van der Waals surface area contributed by atoms with Gasteiger partial charge in [0.25, 0.3) is 0 Å². The molecule has 38 heavy (non-hydrogen) atoms. The van der Waals surface area contributed by atoms with E-state index >= 15 is 0 Å². The summed E-state index contributed by atoms with van der Waals surface area (Å²) in [6.45, 7) is 10.3. The Morgan fingerprint density at radius 1 is 1.08 bits per heavy atom. The molecule has 6 N–H and O–H groups in total. The Labute approximate surface area is 234 Å². The number of anilines is 1. The van der Waals surface area contributed by atoms with Gasteiger partial charge in [0.15, 0.2) is 0 Å². The summed E-state index contributed by atoms with van der Waals surface area (Å²) in [5.74, 6) is -1.000. The molecule has 214 valence electrons. The highest BCUT2D eigenvalue weighted by atomic mass is 35.5. The Kier molecular flexibility index (Phi) is 14.1. The quantitative estimate of drug-likeness (QED) is 0.242. The van der Waals surface area contributed by atoms with Crippen LogP contribution in [-0.4, -0.2) is 41.9 Å². The number of aliphatic hydroxyl groups is 2. The summed E-state index contributed by atoms with van der Waals surface area (Å²) in [5.41, 5.74) is 7.21. The third kappa shape index (κ3) is 10.8. The molecule has 0 spiro atoms. The lowest BCUT2D eigenvalue weighted by Crippen LogP contribution is -2.39. The second kappa shape index (κ2) is 15.7. The number of benzene rings is 2. The zero-order valence-corrected chi connectivity index (χ0v) is 24.4. The summed E-state index contributed by atoms with van der Waals surface area (Å²) in [5, 5.41) is 21.8. The molecule has 10 heteroatoms. The average molecular weight is 577 g/mol. The van der Waals surface area contributed by atoms with Gasteiger partial charge in [0.05, 0.1) is 16.1 Å². The molecule has 2 aromatic rings. The van der Waals surface area contributed by atoms with E-state index in [-0.39, 0.29) is 39.6 Å². The highest BCUT2D eigenvalue weighted by molar-refractivity contribution is 6.31. The van der Waals surface area contributed by atoms with Gasteiger partial charge >= 0.3 is 0 Å². The number of nitrogens with two attached hydrogens (primary N) is 1. The molecule has 0 radical (unpaired) electrons. The molecule has 1 amide bonds. The molecular formula is C28H41Cl2F2N3O3. The maximum absolute atomic E-state index is 14.3. The summed E-state index contributed by atoms with van der Waals surface area (Å²) >= 11 is 11.9. The van der Waals surface area contributed by atoms with Crippen molar-refractivity contribution in [1.82, 2.24) is 5.32 Å². The topological polar surface area (TPSA) is 108 Å². The zero-order valence-electron chi connectivity index (χ0n) is 22.9. The van der Waals surface area contributed by atoms with Crippen LogP contribution in [-0.2, 0) is 4.79 Å². The van der Waals surface area contributed by atoms with E-state index in [1.165, 1.54) is 18.2 Å². The minimum Gasteiger partial charge on any atom is -0.400 e. The first kappa shape index (κ1) is 34.2. The van der Waals surface area contributed by atoms with Crippen molar-refractivity contribution in [3.63, 3.8) is 0 Å². The summed E-state index contributed by atoms with van der Waals surface area (Å²) in [4.78, 5) is 11.1. The van der Waals surface area contributed by atoms with Crippen LogP contribution in [0.4, 0.5) is 14.5 Å². The van der Waals surface area contributed by atoms with Gasteiger partial charge in [-0.3, -0.25) is 4.79 Å². The van der Waals surface area contributed by atoms with E-state index in [0.717, 1.165) is 25.5 Å². The van der Waals surface area contributed by atoms with Crippen LogP contribution in [0.3, 0.4) is 0 Å². The number of nitrogens with one attached hydrogen (secondary N) is 2. The largest absolute Gasteiger partial charge is 0.400 e. The van der Waals surface area contributed by atoms with Crippen LogP contribution < -0.4 is 16.4 Å². The number of aliphatic hydroxyl groups excluding tert-OH is 2. The van der Waals surface area contributed by atoms with Gasteiger partial charge in [-0.15, -0.1) is 0 Å². The van der Waals surface area contributed by atoms with E-state index in [1.807, 2.05) is 13.8 Å². The molecule has 0 saturated heterocycles. The van der Waals surface area contributed by atoms with Crippen molar-refractivity contribution in [2.24, 2.45) is 11.1 Å². The molecule has 2 aromatic carbocycles. The first-order valence-corrected chi connectivity index (χ1v) is 13.3. The second-order valence-corrected chi connectivity index (χ2v) is 11.6. The number of rotatable bonds is 8. The number of hydrogen-bond acceptors (Lipinski definition) is 5. The number of halogens is 4. The van der Waals surface area contributed by atoms with Crippen LogP contribution >= 0.6 is 23.2 Å². The van der Waals surface area contributed by atoms with Crippen LogP contribution in [0.2, 0.25) is 10.0 Å². The lowest BCUT2D eigenvalue weighted by Gasteiger charge is -2.33. The van der Waals surface area contributed by atoms with Crippen molar-refractivity contribution in [3.05, 3.63) is 63.1 Å². The van der Waals surface area contributed by atoms with E-state index in [9.17, 15) is 13.6 Å². The third-order valence-corrected chi connectivity index (χ3v) is 6.91. The van der Waals surface area contributed by atoms with Gasteiger partial charge in [-0.25, -0.2) is 8.78 Å². The van der Waals surface area contributed by atoms with Crippen LogP contribution in [0.5, 0.6) is 0 Å². The Hall–Kier alpha value is -1.81. The molecule has 1 aliphatic carbocycles. The van der Waals surface area contributed by atoms with Gasteiger partial charge in [-0.2, -0.15) is 0 Å². The Morgan fingerprint density at radius 3 is 2.11 bits per heavy atom. The van der Waals surface area contributed by atoms with Gasteiger partial charge < -0.3 is 26.6 Å². The molecule has 3 rings (SSSR count). The average Bonchev–Trinajstić information content (AvgIpc) is 2.82. The fraction of sp³-hybridized carbons (Fsp3) is 0.536. The number of carbonyl (C=O) groups is 1. The van der Waals surface area contributed by atoms with Gasteiger partial charge in [-0.1, -0.05) is 57.0 Å². The summed E-state index contributed by atoms with van der Waals surface area (Å²) < 4.78 is 27.8. The molecule has 0 heterocycles. The van der Waals surface area contributed by atoms with Crippen molar-refractivity contribution in [3.8, 4) is 0 Å². The molecule has 1 unspecified atom stereocenters. The van der Waals surface area contributed by atoms with E-state index in [0.29, 0.717) is 30.1 Å². The molecule has 0 aliphatic heterocycles. The molecule has 0 aromatic heterocycles. The Balaban J connectivity index is 0.000000777. The normalized spacial score (nSPS) is 19.0. The Bertz CT molecular complexity index is 1030. The zero-order chi connectivity index (χ0) is 29.2. The smallest absolute Gasteiger partial charge is 0.211 e. The summed E-state index contributed by atoms with van der Waals surface area (Å²) in [6, 6.07) is 7.46. The Morgan fingerprint density at radius 2 is 1.66 bits per heavy atom. The van der Waals surface area contributed by atoms with Crippen LogP contribution in [0.15, 0.2) is 30.3 Å². The minimum absolute atomic E-state index is 0.00481. The fourth-order valence-electron chi connectivity index (χ4n) is 4.09. The highest BCUT2D eigenvalue weighted by Gasteiger charge is 2.27. The summed E-state index contributed by atoms with van der Waals surface area (Å²) in [6.07, 6.45) is 2.76. The highest BCUT2D eigenvalue weighted by Crippen LogP contribution is 2.37. The van der Waals surface area contributed by atoms with Crippen molar-refractivity contribution < 1.29 is 23.8 Å². The molecule has 1 aliphatic rings. The molecule has 1 fully saturated rings. The first-order valence-electron chi connectivity index (χ1n) is 12.5.